The Hall–Kier alpha value is -3.15. The second kappa shape index (κ2) is 6.76. The van der Waals surface area contributed by atoms with E-state index < -0.39 is 28.7 Å². The van der Waals surface area contributed by atoms with Crippen LogP contribution in [0.3, 0.4) is 0 Å². The maximum atomic E-state index is 14.0. The highest BCUT2D eigenvalue weighted by atomic mass is 19.1. The Morgan fingerprint density at radius 1 is 1.20 bits per heavy atom. The van der Waals surface area contributed by atoms with Crippen LogP contribution in [0.15, 0.2) is 53.5 Å². The minimum atomic E-state index is -0.905. The SMILES string of the molecule is CCOC(=O)c1c(O)c(Cc2ccccc2F)c2ccccn2c1=O. The van der Waals surface area contributed by atoms with E-state index in [1.165, 1.54) is 16.7 Å². The average Bonchev–Trinajstić information content (AvgIpc) is 2.60. The molecule has 0 aliphatic rings. The molecule has 0 bridgehead atoms. The lowest BCUT2D eigenvalue weighted by Gasteiger charge is -2.14. The molecule has 6 heteroatoms. The largest absolute Gasteiger partial charge is 0.506 e. The Balaban J connectivity index is 2.28. The van der Waals surface area contributed by atoms with Gasteiger partial charge in [0.25, 0.3) is 5.56 Å². The lowest BCUT2D eigenvalue weighted by atomic mass is 10.0. The number of halogens is 1. The monoisotopic (exact) mass is 341 g/mol. The number of fused-ring (bicyclic) bond motifs is 1. The zero-order chi connectivity index (χ0) is 18.0. The van der Waals surface area contributed by atoms with Crippen molar-refractivity contribution in [1.82, 2.24) is 4.40 Å². The highest BCUT2D eigenvalue weighted by Gasteiger charge is 2.24. The van der Waals surface area contributed by atoms with Crippen molar-refractivity contribution < 1.29 is 19.0 Å². The topological polar surface area (TPSA) is 68.0 Å². The van der Waals surface area contributed by atoms with E-state index in [1.54, 1.807) is 43.3 Å². The summed E-state index contributed by atoms with van der Waals surface area (Å²) in [6.45, 7) is 1.67. The number of carbonyl (C=O) groups excluding carboxylic acids is 1. The van der Waals surface area contributed by atoms with Crippen LogP contribution in [0.25, 0.3) is 5.52 Å². The number of benzene rings is 1. The van der Waals surface area contributed by atoms with Crippen molar-refractivity contribution in [3.63, 3.8) is 0 Å². The number of aromatic nitrogens is 1. The number of pyridine rings is 2. The van der Waals surface area contributed by atoms with E-state index >= 15 is 0 Å². The number of esters is 1. The third kappa shape index (κ3) is 2.98. The maximum absolute atomic E-state index is 14.0. The summed E-state index contributed by atoms with van der Waals surface area (Å²) in [6.07, 6.45) is 1.52. The molecule has 0 aliphatic carbocycles. The van der Waals surface area contributed by atoms with Crippen molar-refractivity contribution in [3.8, 4) is 5.75 Å². The molecule has 2 aromatic heterocycles. The molecule has 2 heterocycles. The third-order valence-electron chi connectivity index (χ3n) is 3.93. The van der Waals surface area contributed by atoms with E-state index in [1.807, 2.05) is 0 Å². The zero-order valence-electron chi connectivity index (χ0n) is 13.5. The molecule has 1 N–H and O–H groups in total. The highest BCUT2D eigenvalue weighted by Crippen LogP contribution is 2.28. The van der Waals surface area contributed by atoms with Gasteiger partial charge in [-0.3, -0.25) is 9.20 Å². The number of nitrogens with zero attached hydrogens (tertiary/aromatic N) is 1. The van der Waals surface area contributed by atoms with Crippen molar-refractivity contribution in [1.29, 1.82) is 0 Å². The molecule has 0 spiro atoms. The molecule has 0 saturated carbocycles. The van der Waals surface area contributed by atoms with Crippen LogP contribution in [-0.4, -0.2) is 22.1 Å². The van der Waals surface area contributed by atoms with Gasteiger partial charge in [-0.1, -0.05) is 24.3 Å². The van der Waals surface area contributed by atoms with E-state index in [2.05, 4.69) is 0 Å². The quantitative estimate of drug-likeness (QED) is 0.741. The predicted molar refractivity (Wildman–Crippen MR) is 90.5 cm³/mol. The zero-order valence-corrected chi connectivity index (χ0v) is 13.5. The standard InChI is InChI=1S/C19H16FNO4/c1-2-25-19(24)16-17(22)13(11-12-7-3-4-8-14(12)20)15-9-5-6-10-21(15)18(16)23/h3-10,22H,2,11H2,1H3. The van der Waals surface area contributed by atoms with E-state index in [-0.39, 0.29) is 18.6 Å². The van der Waals surface area contributed by atoms with Gasteiger partial charge >= 0.3 is 5.97 Å². The second-order valence-corrected chi connectivity index (χ2v) is 5.45. The van der Waals surface area contributed by atoms with E-state index in [0.717, 1.165) is 0 Å². The predicted octanol–water partition coefficient (Wildman–Crippen LogP) is 2.91. The molecule has 5 nitrogen and oxygen atoms in total. The molecule has 3 aromatic rings. The number of carbonyl (C=O) groups is 1. The summed E-state index contributed by atoms with van der Waals surface area (Å²) >= 11 is 0. The van der Waals surface area contributed by atoms with E-state index in [0.29, 0.717) is 11.1 Å². The van der Waals surface area contributed by atoms with Crippen LogP contribution in [0.5, 0.6) is 5.75 Å². The fourth-order valence-electron chi connectivity index (χ4n) is 2.75. The van der Waals surface area contributed by atoms with Crippen LogP contribution in [0.4, 0.5) is 4.39 Å². The molecule has 0 saturated heterocycles. The lowest BCUT2D eigenvalue weighted by molar-refractivity contribution is 0.0520. The van der Waals surface area contributed by atoms with Crippen molar-refractivity contribution >= 4 is 11.5 Å². The minimum absolute atomic E-state index is 0.0265. The number of ether oxygens (including phenoxy) is 1. The van der Waals surface area contributed by atoms with Crippen molar-refractivity contribution in [2.45, 2.75) is 13.3 Å². The lowest BCUT2D eigenvalue weighted by Crippen LogP contribution is -2.25. The third-order valence-corrected chi connectivity index (χ3v) is 3.93. The summed E-state index contributed by atoms with van der Waals surface area (Å²) in [7, 11) is 0. The molecule has 0 atom stereocenters. The first-order chi connectivity index (χ1) is 12.0. The van der Waals surface area contributed by atoms with Crippen molar-refractivity contribution in [2.75, 3.05) is 6.61 Å². The van der Waals surface area contributed by atoms with Gasteiger partial charge in [-0.15, -0.1) is 0 Å². The number of rotatable bonds is 4. The summed E-state index contributed by atoms with van der Waals surface area (Å²) < 4.78 is 20.2. The van der Waals surface area contributed by atoms with Gasteiger partial charge in [0.05, 0.1) is 12.1 Å². The summed E-state index contributed by atoms with van der Waals surface area (Å²) in [5, 5.41) is 10.6. The number of aromatic hydroxyl groups is 1. The van der Waals surface area contributed by atoms with Gasteiger partial charge in [0, 0.05) is 18.2 Å². The molecule has 1 aromatic carbocycles. The molecule has 3 rings (SSSR count). The minimum Gasteiger partial charge on any atom is -0.506 e. The summed E-state index contributed by atoms with van der Waals surface area (Å²) in [6, 6.07) is 11.1. The molecule has 0 fully saturated rings. The first-order valence-corrected chi connectivity index (χ1v) is 7.80. The number of hydrogen-bond donors (Lipinski definition) is 1. The molecule has 0 unspecified atom stereocenters. The van der Waals surface area contributed by atoms with Crippen LogP contribution in [0.2, 0.25) is 0 Å². The Labute approximate surface area is 142 Å². The van der Waals surface area contributed by atoms with Crippen LogP contribution >= 0.6 is 0 Å². The van der Waals surface area contributed by atoms with Crippen LogP contribution in [0.1, 0.15) is 28.4 Å². The first-order valence-electron chi connectivity index (χ1n) is 7.80. The molecule has 128 valence electrons. The molecule has 0 aliphatic heterocycles. The molecular formula is C19H16FNO4. The summed E-state index contributed by atoms with van der Waals surface area (Å²) in [5.74, 6) is -1.81. The molecule has 25 heavy (non-hydrogen) atoms. The van der Waals surface area contributed by atoms with Crippen LogP contribution in [0, 0.1) is 5.82 Å². The van der Waals surface area contributed by atoms with Gasteiger partial charge in [0.15, 0.2) is 5.56 Å². The first kappa shape index (κ1) is 16.7. The Bertz CT molecular complexity index is 1010. The van der Waals surface area contributed by atoms with Gasteiger partial charge in [-0.25, -0.2) is 9.18 Å². The second-order valence-electron chi connectivity index (χ2n) is 5.45. The Morgan fingerprint density at radius 3 is 2.64 bits per heavy atom. The van der Waals surface area contributed by atoms with Gasteiger partial charge in [-0.05, 0) is 30.7 Å². The molecule has 0 amide bonds. The van der Waals surface area contributed by atoms with Crippen molar-refractivity contribution in [2.24, 2.45) is 0 Å². The van der Waals surface area contributed by atoms with Gasteiger partial charge in [0.1, 0.15) is 11.6 Å². The average molecular weight is 341 g/mol. The van der Waals surface area contributed by atoms with Gasteiger partial charge in [-0.2, -0.15) is 0 Å². The van der Waals surface area contributed by atoms with Gasteiger partial charge < -0.3 is 9.84 Å². The molecular weight excluding hydrogens is 325 g/mol. The highest BCUT2D eigenvalue weighted by molar-refractivity contribution is 5.93. The summed E-state index contributed by atoms with van der Waals surface area (Å²) in [5.41, 5.74) is -0.0904. The smallest absolute Gasteiger partial charge is 0.347 e. The van der Waals surface area contributed by atoms with E-state index in [9.17, 15) is 19.1 Å². The Kier molecular flexibility index (Phi) is 4.52. The number of hydrogen-bond acceptors (Lipinski definition) is 4. The maximum Gasteiger partial charge on any atom is 0.347 e. The fraction of sp³-hybridized carbons (Fsp3) is 0.158. The normalized spacial score (nSPS) is 10.8. The summed E-state index contributed by atoms with van der Waals surface area (Å²) in [4.78, 5) is 24.7. The van der Waals surface area contributed by atoms with E-state index in [4.69, 9.17) is 4.74 Å². The van der Waals surface area contributed by atoms with Crippen LogP contribution in [-0.2, 0) is 11.2 Å². The van der Waals surface area contributed by atoms with Crippen LogP contribution < -0.4 is 5.56 Å². The Morgan fingerprint density at radius 2 is 1.92 bits per heavy atom. The van der Waals surface area contributed by atoms with Crippen molar-refractivity contribution in [3.05, 3.63) is 81.5 Å². The molecule has 0 radical (unpaired) electrons. The van der Waals surface area contributed by atoms with Gasteiger partial charge in [0.2, 0.25) is 0 Å². The fourth-order valence-corrected chi connectivity index (χ4v) is 2.75.